The third-order valence-corrected chi connectivity index (χ3v) is 4.09. The maximum atomic E-state index is 12.2. The molecule has 0 bridgehead atoms. The van der Waals surface area contributed by atoms with E-state index in [1.807, 2.05) is 37.3 Å². The fraction of sp³-hybridized carbons (Fsp3) is 0.0714. The fourth-order valence-electron chi connectivity index (χ4n) is 1.36. The van der Waals surface area contributed by atoms with E-state index >= 15 is 0 Å². The summed E-state index contributed by atoms with van der Waals surface area (Å²) in [6.45, 7) is 2.00. The van der Waals surface area contributed by atoms with E-state index in [1.165, 1.54) is 0 Å². The molecule has 0 fully saturated rings. The van der Waals surface area contributed by atoms with E-state index in [1.54, 1.807) is 24.3 Å². The molecule has 2 aromatic carbocycles. The second-order valence-corrected chi connectivity index (χ2v) is 5.47. The Balaban J connectivity index is 2.31. The molecule has 0 spiro atoms. The van der Waals surface area contributed by atoms with Gasteiger partial charge in [0.25, 0.3) is 0 Å². The van der Waals surface area contributed by atoms with Gasteiger partial charge in [0.1, 0.15) is 0 Å². The van der Waals surface area contributed by atoms with E-state index in [2.05, 4.69) is 0 Å². The molecule has 0 aromatic heterocycles. The predicted octanol–water partition coefficient (Wildman–Crippen LogP) is 1.78. The number of nitriles is 1. The fourth-order valence-corrected chi connectivity index (χ4v) is 2.68. The molecule has 87 valence electrons. The Morgan fingerprint density at radius 1 is 0.941 bits per heavy atom. The molecule has 0 radical (unpaired) electrons. The van der Waals surface area contributed by atoms with Crippen molar-refractivity contribution in [1.82, 2.24) is 0 Å². The molecule has 2 aromatic rings. The quantitative estimate of drug-likeness (QED) is 0.833. The first-order valence-corrected chi connectivity index (χ1v) is 6.55. The SMILES string of the molecule is Cc1cc[c]([Co](=[O])[c]2ccc(C#N)cc2)cc1. The minimum absolute atomic E-state index is 0.584. The van der Waals surface area contributed by atoms with Crippen molar-refractivity contribution in [3.63, 3.8) is 0 Å². The number of hydrogen-bond donors (Lipinski definition) is 0. The van der Waals surface area contributed by atoms with Gasteiger partial charge < -0.3 is 0 Å². The second kappa shape index (κ2) is 5.04. The Morgan fingerprint density at radius 2 is 1.41 bits per heavy atom. The van der Waals surface area contributed by atoms with Crippen molar-refractivity contribution in [1.29, 1.82) is 5.26 Å². The standard InChI is InChI=1S/C7H4N.C7H7.Co.O/c8-6-7-4-2-1-3-5-7;1-7-5-3-2-4-6-7;;/h2-5H;3-6H,1H3;;. The number of benzene rings is 2. The van der Waals surface area contributed by atoms with Gasteiger partial charge in [-0.3, -0.25) is 0 Å². The van der Waals surface area contributed by atoms with Crippen LogP contribution in [0.3, 0.4) is 0 Å². The van der Waals surface area contributed by atoms with Crippen LogP contribution in [0.1, 0.15) is 11.1 Å². The normalized spacial score (nSPS) is 10.7. The van der Waals surface area contributed by atoms with Gasteiger partial charge >= 0.3 is 104 Å². The van der Waals surface area contributed by atoms with Crippen LogP contribution in [-0.4, -0.2) is 0 Å². The Bertz CT molecular complexity index is 579. The number of rotatable bonds is 2. The van der Waals surface area contributed by atoms with E-state index in [-0.39, 0.29) is 0 Å². The summed E-state index contributed by atoms with van der Waals surface area (Å²) in [4.78, 5) is 0. The first-order valence-electron chi connectivity index (χ1n) is 5.09. The minimum atomic E-state index is -1.54. The van der Waals surface area contributed by atoms with Crippen molar-refractivity contribution in [3.8, 4) is 6.07 Å². The van der Waals surface area contributed by atoms with Gasteiger partial charge in [0.05, 0.1) is 0 Å². The Kier molecular flexibility index (Phi) is 3.48. The molecular weight excluding hydrogens is 257 g/mol. The Hall–Kier alpha value is -1.76. The van der Waals surface area contributed by atoms with Gasteiger partial charge in [0.2, 0.25) is 0 Å². The van der Waals surface area contributed by atoms with Crippen molar-refractivity contribution in [3.05, 3.63) is 59.7 Å². The molecule has 0 aliphatic carbocycles. The zero-order valence-electron chi connectivity index (χ0n) is 9.31. The molecule has 2 nitrogen and oxygen atoms in total. The summed E-state index contributed by atoms with van der Waals surface area (Å²) in [7, 11) is 0. The van der Waals surface area contributed by atoms with Crippen molar-refractivity contribution < 1.29 is 17.5 Å². The van der Waals surface area contributed by atoms with Crippen LogP contribution in [0.15, 0.2) is 48.5 Å². The summed E-state index contributed by atoms with van der Waals surface area (Å²) in [6.07, 6.45) is 0. The van der Waals surface area contributed by atoms with Crippen LogP contribution in [-0.2, 0) is 17.5 Å². The molecule has 3 heteroatoms. The van der Waals surface area contributed by atoms with Crippen molar-refractivity contribution >= 4 is 9.00 Å². The molecule has 0 atom stereocenters. The Labute approximate surface area is 104 Å². The molecule has 0 amide bonds. The molecule has 0 unspecified atom stereocenters. The molecule has 0 aliphatic rings. The van der Waals surface area contributed by atoms with Gasteiger partial charge in [-0.15, -0.1) is 0 Å². The van der Waals surface area contributed by atoms with Crippen LogP contribution < -0.4 is 9.00 Å². The zero-order valence-corrected chi connectivity index (χ0v) is 10.3. The summed E-state index contributed by atoms with van der Waals surface area (Å²) in [6, 6.07) is 16.6. The average molecular weight is 268 g/mol. The number of hydrogen-bond acceptors (Lipinski definition) is 2. The summed E-state index contributed by atoms with van der Waals surface area (Å²) < 4.78 is 13.8. The number of aryl methyl sites for hydroxylation is 1. The first-order chi connectivity index (χ1) is 8.20. The first kappa shape index (κ1) is 11.7. The molecule has 0 saturated carbocycles. The number of nitrogens with zero attached hydrogens (tertiary/aromatic N) is 1. The van der Waals surface area contributed by atoms with Crippen LogP contribution in [0.2, 0.25) is 0 Å². The molecule has 0 saturated heterocycles. The molecule has 0 heterocycles. The van der Waals surface area contributed by atoms with E-state index in [0.717, 1.165) is 14.6 Å². The van der Waals surface area contributed by atoms with Crippen molar-refractivity contribution in [2.75, 3.05) is 0 Å². The average Bonchev–Trinajstić information content (AvgIpc) is 2.39. The predicted molar refractivity (Wildman–Crippen MR) is 62.3 cm³/mol. The topological polar surface area (TPSA) is 40.9 Å². The van der Waals surface area contributed by atoms with Gasteiger partial charge in [-0.25, -0.2) is 0 Å². The van der Waals surface area contributed by atoms with Gasteiger partial charge in [0.15, 0.2) is 0 Å². The van der Waals surface area contributed by atoms with Crippen molar-refractivity contribution in [2.24, 2.45) is 0 Å². The molecular formula is C14H11CoNO. The van der Waals surface area contributed by atoms with Gasteiger partial charge in [-0.2, -0.15) is 0 Å². The third kappa shape index (κ3) is 2.67. The zero-order chi connectivity index (χ0) is 12.3. The summed E-state index contributed by atoms with van der Waals surface area (Å²) in [5, 5.41) is 8.69. The van der Waals surface area contributed by atoms with Crippen LogP contribution >= 0.6 is 0 Å². The third-order valence-electron chi connectivity index (χ3n) is 2.30. The van der Waals surface area contributed by atoms with Gasteiger partial charge in [-0.1, -0.05) is 0 Å². The molecule has 0 N–H and O–H groups in total. The molecule has 17 heavy (non-hydrogen) atoms. The Morgan fingerprint density at radius 3 is 1.88 bits per heavy atom. The second-order valence-electron chi connectivity index (χ2n) is 3.58. The molecule has 0 aliphatic heterocycles. The van der Waals surface area contributed by atoms with Crippen LogP contribution in [0.4, 0.5) is 0 Å². The van der Waals surface area contributed by atoms with Crippen LogP contribution in [0, 0.1) is 18.3 Å². The van der Waals surface area contributed by atoms with Gasteiger partial charge in [0, 0.05) is 0 Å². The molecule has 2 rings (SSSR count). The van der Waals surface area contributed by atoms with E-state index in [4.69, 9.17) is 5.26 Å². The summed E-state index contributed by atoms with van der Waals surface area (Å²) >= 11 is -1.54. The van der Waals surface area contributed by atoms with Crippen molar-refractivity contribution in [2.45, 2.75) is 6.92 Å². The monoisotopic (exact) mass is 268 g/mol. The summed E-state index contributed by atoms with van der Waals surface area (Å²) in [5.41, 5.74) is 1.73. The van der Waals surface area contributed by atoms with Crippen LogP contribution in [0.25, 0.3) is 0 Å². The van der Waals surface area contributed by atoms with E-state index in [9.17, 15) is 3.87 Å². The van der Waals surface area contributed by atoms with Gasteiger partial charge in [-0.05, 0) is 0 Å². The van der Waals surface area contributed by atoms with E-state index < -0.39 is 13.6 Å². The van der Waals surface area contributed by atoms with Crippen LogP contribution in [0.5, 0.6) is 0 Å². The maximum absolute atomic E-state index is 12.2. The summed E-state index contributed by atoms with van der Waals surface area (Å²) in [5.74, 6) is 0. The van der Waals surface area contributed by atoms with E-state index in [0.29, 0.717) is 5.56 Å².